The fourth-order valence-electron chi connectivity index (χ4n) is 2.70. The fraction of sp³-hybridized carbons (Fsp3) is 0.389. The number of carbonyl (C=O) groups excluding carboxylic acids is 1. The standard InChI is InChI=1S/C18H22FN3O3/c1-4-18(5-2,17(24)25)11-20-16(23)15-10-21-22(12(15)3)14-8-6-13(19)7-9-14/h6-10H,4-5,11H2,1-3H3,(H,20,23)(H,24,25). The van der Waals surface area contributed by atoms with Gasteiger partial charge in [0.2, 0.25) is 0 Å². The molecular formula is C18H22FN3O3. The maximum absolute atomic E-state index is 13.0. The Morgan fingerprint density at radius 1 is 1.24 bits per heavy atom. The molecule has 1 aromatic carbocycles. The van der Waals surface area contributed by atoms with E-state index in [0.29, 0.717) is 29.8 Å². The lowest BCUT2D eigenvalue weighted by atomic mass is 9.82. The minimum absolute atomic E-state index is 0.0509. The Morgan fingerprint density at radius 3 is 2.36 bits per heavy atom. The lowest BCUT2D eigenvalue weighted by molar-refractivity contribution is -0.149. The number of halogens is 1. The van der Waals surface area contributed by atoms with E-state index in [1.54, 1.807) is 37.6 Å². The largest absolute Gasteiger partial charge is 0.481 e. The molecule has 0 bridgehead atoms. The summed E-state index contributed by atoms with van der Waals surface area (Å²) in [5.74, 6) is -1.65. The van der Waals surface area contributed by atoms with Crippen molar-refractivity contribution < 1.29 is 19.1 Å². The normalized spacial score (nSPS) is 11.4. The van der Waals surface area contributed by atoms with E-state index in [4.69, 9.17) is 0 Å². The number of amides is 1. The molecule has 0 saturated carbocycles. The minimum Gasteiger partial charge on any atom is -0.481 e. The van der Waals surface area contributed by atoms with E-state index in [0.717, 1.165) is 0 Å². The number of carboxylic acid groups (broad SMARTS) is 1. The zero-order valence-electron chi connectivity index (χ0n) is 14.5. The van der Waals surface area contributed by atoms with Crippen molar-refractivity contribution in [2.75, 3.05) is 6.54 Å². The summed E-state index contributed by atoms with van der Waals surface area (Å²) in [4.78, 5) is 24.0. The lowest BCUT2D eigenvalue weighted by Crippen LogP contribution is -2.42. The molecule has 2 N–H and O–H groups in total. The number of nitrogens with one attached hydrogen (secondary N) is 1. The van der Waals surface area contributed by atoms with E-state index >= 15 is 0 Å². The zero-order chi connectivity index (χ0) is 18.6. The second kappa shape index (κ2) is 7.46. The maximum Gasteiger partial charge on any atom is 0.311 e. The lowest BCUT2D eigenvalue weighted by Gasteiger charge is -2.26. The topological polar surface area (TPSA) is 84.2 Å². The molecule has 6 nitrogen and oxygen atoms in total. The van der Waals surface area contributed by atoms with Gasteiger partial charge in [-0.25, -0.2) is 9.07 Å². The quantitative estimate of drug-likeness (QED) is 0.806. The highest BCUT2D eigenvalue weighted by molar-refractivity contribution is 5.95. The van der Waals surface area contributed by atoms with Gasteiger partial charge in [0, 0.05) is 6.54 Å². The van der Waals surface area contributed by atoms with E-state index in [1.165, 1.54) is 18.3 Å². The molecule has 0 radical (unpaired) electrons. The van der Waals surface area contributed by atoms with E-state index in [-0.39, 0.29) is 18.3 Å². The number of carbonyl (C=O) groups is 2. The molecule has 134 valence electrons. The Balaban J connectivity index is 2.18. The van der Waals surface area contributed by atoms with Crippen LogP contribution in [0, 0.1) is 18.2 Å². The van der Waals surface area contributed by atoms with E-state index < -0.39 is 11.4 Å². The third-order valence-corrected chi connectivity index (χ3v) is 4.72. The van der Waals surface area contributed by atoms with Crippen molar-refractivity contribution in [3.63, 3.8) is 0 Å². The molecule has 0 atom stereocenters. The van der Waals surface area contributed by atoms with Gasteiger partial charge < -0.3 is 10.4 Å². The highest BCUT2D eigenvalue weighted by Crippen LogP contribution is 2.26. The SMILES string of the molecule is CCC(CC)(CNC(=O)c1cnn(-c2ccc(F)cc2)c1C)C(=O)O. The molecular weight excluding hydrogens is 325 g/mol. The van der Waals surface area contributed by atoms with Gasteiger partial charge in [0.1, 0.15) is 5.82 Å². The van der Waals surface area contributed by atoms with Crippen molar-refractivity contribution in [1.82, 2.24) is 15.1 Å². The number of rotatable bonds is 7. The summed E-state index contributed by atoms with van der Waals surface area (Å²) in [6.45, 7) is 5.37. The van der Waals surface area contributed by atoms with Crippen LogP contribution < -0.4 is 5.32 Å². The van der Waals surface area contributed by atoms with Gasteiger partial charge in [0.25, 0.3) is 5.91 Å². The number of hydrogen-bond donors (Lipinski definition) is 2. The van der Waals surface area contributed by atoms with E-state index in [9.17, 15) is 19.1 Å². The molecule has 0 saturated heterocycles. The second-order valence-corrected chi connectivity index (χ2v) is 6.01. The second-order valence-electron chi connectivity index (χ2n) is 6.01. The summed E-state index contributed by atoms with van der Waals surface area (Å²) >= 11 is 0. The summed E-state index contributed by atoms with van der Waals surface area (Å²) in [5.41, 5.74) is 0.616. The first-order chi connectivity index (χ1) is 11.8. The average Bonchev–Trinajstić information content (AvgIpc) is 2.98. The first kappa shape index (κ1) is 18.6. The van der Waals surface area contributed by atoms with Crippen LogP contribution in [0.5, 0.6) is 0 Å². The summed E-state index contributed by atoms with van der Waals surface area (Å²) in [6, 6.07) is 5.78. The summed E-state index contributed by atoms with van der Waals surface area (Å²) in [7, 11) is 0. The third-order valence-electron chi connectivity index (χ3n) is 4.72. The molecule has 0 unspecified atom stereocenters. The first-order valence-corrected chi connectivity index (χ1v) is 8.16. The Labute approximate surface area is 145 Å². The Kier molecular flexibility index (Phi) is 5.56. The van der Waals surface area contributed by atoms with Crippen LogP contribution >= 0.6 is 0 Å². The zero-order valence-corrected chi connectivity index (χ0v) is 14.5. The van der Waals surface area contributed by atoms with Gasteiger partial charge in [-0.15, -0.1) is 0 Å². The van der Waals surface area contributed by atoms with Crippen molar-refractivity contribution in [3.05, 3.63) is 47.5 Å². The molecule has 2 aromatic rings. The van der Waals surface area contributed by atoms with Crippen molar-refractivity contribution >= 4 is 11.9 Å². The van der Waals surface area contributed by atoms with Crippen LogP contribution in [0.4, 0.5) is 4.39 Å². The third kappa shape index (κ3) is 3.70. The van der Waals surface area contributed by atoms with Crippen molar-refractivity contribution in [1.29, 1.82) is 0 Å². The van der Waals surface area contributed by atoms with Gasteiger partial charge in [0.15, 0.2) is 0 Å². The summed E-state index contributed by atoms with van der Waals surface area (Å²) in [5, 5.41) is 16.3. The summed E-state index contributed by atoms with van der Waals surface area (Å²) in [6.07, 6.45) is 2.27. The average molecular weight is 347 g/mol. The molecule has 7 heteroatoms. The Morgan fingerprint density at radius 2 is 1.84 bits per heavy atom. The maximum atomic E-state index is 13.0. The number of nitrogens with zero attached hydrogens (tertiary/aromatic N) is 2. The number of benzene rings is 1. The molecule has 1 heterocycles. The van der Waals surface area contributed by atoms with Gasteiger partial charge in [0.05, 0.1) is 28.6 Å². The Bertz CT molecular complexity index is 764. The highest BCUT2D eigenvalue weighted by atomic mass is 19.1. The van der Waals surface area contributed by atoms with E-state index in [2.05, 4.69) is 10.4 Å². The molecule has 0 aliphatic carbocycles. The van der Waals surface area contributed by atoms with E-state index in [1.807, 2.05) is 0 Å². The van der Waals surface area contributed by atoms with Crippen LogP contribution in [0.3, 0.4) is 0 Å². The van der Waals surface area contributed by atoms with Crippen molar-refractivity contribution in [3.8, 4) is 5.69 Å². The number of carboxylic acids is 1. The van der Waals surface area contributed by atoms with Crippen molar-refractivity contribution in [2.24, 2.45) is 5.41 Å². The van der Waals surface area contributed by atoms with Crippen LogP contribution in [-0.2, 0) is 4.79 Å². The van der Waals surface area contributed by atoms with Gasteiger partial charge in [-0.3, -0.25) is 9.59 Å². The number of aromatic nitrogens is 2. The van der Waals surface area contributed by atoms with Crippen LogP contribution in [-0.4, -0.2) is 33.3 Å². The van der Waals surface area contributed by atoms with Crippen LogP contribution in [0.2, 0.25) is 0 Å². The minimum atomic E-state index is -0.976. The molecule has 0 aliphatic heterocycles. The van der Waals surface area contributed by atoms with Crippen LogP contribution in [0.25, 0.3) is 5.69 Å². The first-order valence-electron chi connectivity index (χ1n) is 8.16. The van der Waals surface area contributed by atoms with Crippen LogP contribution in [0.1, 0.15) is 42.7 Å². The molecule has 2 rings (SSSR count). The molecule has 0 fully saturated rings. The van der Waals surface area contributed by atoms with Crippen LogP contribution in [0.15, 0.2) is 30.5 Å². The summed E-state index contributed by atoms with van der Waals surface area (Å²) < 4.78 is 14.6. The van der Waals surface area contributed by atoms with Gasteiger partial charge in [-0.2, -0.15) is 5.10 Å². The monoisotopic (exact) mass is 347 g/mol. The van der Waals surface area contributed by atoms with Gasteiger partial charge in [-0.1, -0.05) is 13.8 Å². The van der Waals surface area contributed by atoms with Crippen molar-refractivity contribution in [2.45, 2.75) is 33.6 Å². The predicted molar refractivity (Wildman–Crippen MR) is 91.2 cm³/mol. The molecule has 25 heavy (non-hydrogen) atoms. The fourth-order valence-corrected chi connectivity index (χ4v) is 2.70. The number of hydrogen-bond acceptors (Lipinski definition) is 3. The van der Waals surface area contributed by atoms with Gasteiger partial charge >= 0.3 is 5.97 Å². The molecule has 1 amide bonds. The Hall–Kier alpha value is -2.70. The number of aliphatic carboxylic acids is 1. The molecule has 1 aromatic heterocycles. The smallest absolute Gasteiger partial charge is 0.311 e. The molecule has 0 aliphatic rings. The van der Waals surface area contributed by atoms with Gasteiger partial charge in [-0.05, 0) is 44.0 Å². The highest BCUT2D eigenvalue weighted by Gasteiger charge is 2.35. The molecule has 0 spiro atoms. The predicted octanol–water partition coefficient (Wildman–Crippen LogP) is 2.94.